The van der Waals surface area contributed by atoms with E-state index < -0.39 is 0 Å². The summed E-state index contributed by atoms with van der Waals surface area (Å²) < 4.78 is 25.4. The van der Waals surface area contributed by atoms with Gasteiger partial charge in [-0.1, -0.05) is 24.3 Å². The Hall–Kier alpha value is -2.55. The second-order valence-electron chi connectivity index (χ2n) is 4.97. The van der Waals surface area contributed by atoms with Gasteiger partial charge in [0.15, 0.2) is 0 Å². The molecular formula is C19H17FO2. The quantitative estimate of drug-likeness (QED) is 0.670. The molecule has 0 N–H and O–H groups in total. The Bertz CT molecular complexity index is 794. The van der Waals surface area contributed by atoms with Crippen molar-refractivity contribution in [1.82, 2.24) is 0 Å². The van der Waals surface area contributed by atoms with E-state index in [-0.39, 0.29) is 5.82 Å². The molecule has 2 nitrogen and oxygen atoms in total. The molecule has 0 bridgehead atoms. The summed E-state index contributed by atoms with van der Waals surface area (Å²) in [6, 6.07) is 16.5. The van der Waals surface area contributed by atoms with Gasteiger partial charge >= 0.3 is 0 Å². The zero-order chi connectivity index (χ0) is 15.5. The molecule has 0 heterocycles. The summed E-state index contributed by atoms with van der Waals surface area (Å²) in [5, 5.41) is 1.42. The normalized spacial score (nSPS) is 10.7. The van der Waals surface area contributed by atoms with Gasteiger partial charge in [-0.3, -0.25) is 0 Å². The summed E-state index contributed by atoms with van der Waals surface area (Å²) in [5.41, 5.74) is 1.42. The van der Waals surface area contributed by atoms with Crippen LogP contribution in [0, 0.1) is 5.82 Å². The van der Waals surface area contributed by atoms with Crippen LogP contribution in [0.3, 0.4) is 0 Å². The minimum atomic E-state index is -0.218. The molecule has 3 rings (SSSR count). The smallest absolute Gasteiger partial charge is 0.138 e. The molecule has 0 aromatic heterocycles. The van der Waals surface area contributed by atoms with E-state index in [0.29, 0.717) is 17.6 Å². The lowest BCUT2D eigenvalue weighted by Gasteiger charge is -2.09. The standard InChI is InChI=1S/C19H17FO2/c1-3-22-15-7-4-13(5-8-15)17-10-6-14-12-16(21-2)9-11-18(14)19(17)20/h4-12H,3H2,1-2H3. The van der Waals surface area contributed by atoms with Gasteiger partial charge in [0.1, 0.15) is 17.3 Å². The molecule has 0 aliphatic heterocycles. The number of benzene rings is 3. The van der Waals surface area contributed by atoms with Gasteiger partial charge in [-0.15, -0.1) is 0 Å². The van der Waals surface area contributed by atoms with Crippen LogP contribution in [0.2, 0.25) is 0 Å². The fourth-order valence-electron chi connectivity index (χ4n) is 2.52. The van der Waals surface area contributed by atoms with Crippen LogP contribution in [-0.2, 0) is 0 Å². The lowest BCUT2D eigenvalue weighted by Crippen LogP contribution is -1.92. The molecule has 112 valence electrons. The number of hydrogen-bond donors (Lipinski definition) is 0. The van der Waals surface area contributed by atoms with E-state index in [9.17, 15) is 4.39 Å². The van der Waals surface area contributed by atoms with E-state index in [1.807, 2.05) is 43.3 Å². The third-order valence-corrected chi connectivity index (χ3v) is 3.64. The van der Waals surface area contributed by atoms with Crippen molar-refractivity contribution in [2.24, 2.45) is 0 Å². The maximum absolute atomic E-state index is 14.8. The van der Waals surface area contributed by atoms with Gasteiger partial charge in [-0.2, -0.15) is 0 Å². The number of rotatable bonds is 4. The lowest BCUT2D eigenvalue weighted by atomic mass is 10.00. The van der Waals surface area contributed by atoms with Crippen molar-refractivity contribution < 1.29 is 13.9 Å². The molecule has 0 unspecified atom stereocenters. The average molecular weight is 296 g/mol. The predicted molar refractivity (Wildman–Crippen MR) is 87.1 cm³/mol. The SMILES string of the molecule is CCOc1ccc(-c2ccc3cc(OC)ccc3c2F)cc1. The molecule has 3 aromatic rings. The molecule has 0 aliphatic carbocycles. The highest BCUT2D eigenvalue weighted by Crippen LogP contribution is 2.31. The highest BCUT2D eigenvalue weighted by Gasteiger charge is 2.10. The second-order valence-corrected chi connectivity index (χ2v) is 4.97. The molecule has 0 fully saturated rings. The Morgan fingerprint density at radius 2 is 1.64 bits per heavy atom. The van der Waals surface area contributed by atoms with E-state index in [0.717, 1.165) is 22.4 Å². The first-order valence-electron chi connectivity index (χ1n) is 7.22. The van der Waals surface area contributed by atoms with Crippen LogP contribution in [0.15, 0.2) is 54.6 Å². The number of hydrogen-bond acceptors (Lipinski definition) is 2. The monoisotopic (exact) mass is 296 g/mol. The molecule has 0 spiro atoms. The van der Waals surface area contributed by atoms with E-state index in [1.165, 1.54) is 0 Å². The fraction of sp³-hybridized carbons (Fsp3) is 0.158. The molecule has 0 saturated heterocycles. The van der Waals surface area contributed by atoms with Gasteiger partial charge in [0.25, 0.3) is 0 Å². The van der Waals surface area contributed by atoms with Crippen molar-refractivity contribution in [2.45, 2.75) is 6.92 Å². The van der Waals surface area contributed by atoms with Crippen LogP contribution in [0.1, 0.15) is 6.92 Å². The zero-order valence-electron chi connectivity index (χ0n) is 12.6. The number of fused-ring (bicyclic) bond motifs is 1. The van der Waals surface area contributed by atoms with Gasteiger partial charge in [0, 0.05) is 10.9 Å². The number of ether oxygens (including phenoxy) is 2. The van der Waals surface area contributed by atoms with Gasteiger partial charge in [-0.05, 0) is 48.2 Å². The van der Waals surface area contributed by atoms with Crippen LogP contribution in [-0.4, -0.2) is 13.7 Å². The minimum Gasteiger partial charge on any atom is -0.497 e. The molecule has 3 heteroatoms. The first kappa shape index (κ1) is 14.4. The lowest BCUT2D eigenvalue weighted by molar-refractivity contribution is 0.340. The number of halogens is 1. The molecule has 0 aliphatic rings. The Labute approximate surface area is 129 Å². The van der Waals surface area contributed by atoms with Crippen molar-refractivity contribution in [3.8, 4) is 22.6 Å². The maximum atomic E-state index is 14.8. The average Bonchev–Trinajstić information content (AvgIpc) is 2.56. The summed E-state index contributed by atoms with van der Waals surface area (Å²) in [6.45, 7) is 2.55. The van der Waals surface area contributed by atoms with Gasteiger partial charge in [0.05, 0.1) is 13.7 Å². The van der Waals surface area contributed by atoms with Crippen molar-refractivity contribution in [3.63, 3.8) is 0 Å². The molecule has 0 saturated carbocycles. The van der Waals surface area contributed by atoms with Crippen LogP contribution >= 0.6 is 0 Å². The Kier molecular flexibility index (Phi) is 3.96. The minimum absolute atomic E-state index is 0.218. The summed E-state index contributed by atoms with van der Waals surface area (Å²) in [4.78, 5) is 0. The van der Waals surface area contributed by atoms with Crippen LogP contribution < -0.4 is 9.47 Å². The van der Waals surface area contributed by atoms with Gasteiger partial charge in [-0.25, -0.2) is 4.39 Å². The van der Waals surface area contributed by atoms with Gasteiger partial charge < -0.3 is 9.47 Å². The van der Waals surface area contributed by atoms with Crippen LogP contribution in [0.5, 0.6) is 11.5 Å². The third kappa shape index (κ3) is 2.62. The van der Waals surface area contributed by atoms with E-state index >= 15 is 0 Å². The summed E-state index contributed by atoms with van der Waals surface area (Å²) in [7, 11) is 1.60. The number of methoxy groups -OCH3 is 1. The van der Waals surface area contributed by atoms with Crippen molar-refractivity contribution >= 4 is 10.8 Å². The van der Waals surface area contributed by atoms with Crippen molar-refractivity contribution in [1.29, 1.82) is 0 Å². The molecular weight excluding hydrogens is 279 g/mol. The second kappa shape index (κ2) is 6.06. The first-order valence-corrected chi connectivity index (χ1v) is 7.22. The fourth-order valence-corrected chi connectivity index (χ4v) is 2.52. The van der Waals surface area contributed by atoms with E-state index in [4.69, 9.17) is 9.47 Å². The Morgan fingerprint density at radius 1 is 0.909 bits per heavy atom. The predicted octanol–water partition coefficient (Wildman–Crippen LogP) is 5.05. The van der Waals surface area contributed by atoms with Gasteiger partial charge in [0.2, 0.25) is 0 Å². The summed E-state index contributed by atoms with van der Waals surface area (Å²) in [5.74, 6) is 1.29. The molecule has 0 amide bonds. The maximum Gasteiger partial charge on any atom is 0.138 e. The molecule has 0 radical (unpaired) electrons. The highest BCUT2D eigenvalue weighted by molar-refractivity contribution is 5.89. The Morgan fingerprint density at radius 3 is 2.32 bits per heavy atom. The van der Waals surface area contributed by atoms with Crippen molar-refractivity contribution in [3.05, 3.63) is 60.4 Å². The van der Waals surface area contributed by atoms with E-state index in [1.54, 1.807) is 25.3 Å². The van der Waals surface area contributed by atoms with Crippen molar-refractivity contribution in [2.75, 3.05) is 13.7 Å². The molecule has 22 heavy (non-hydrogen) atoms. The zero-order valence-corrected chi connectivity index (χ0v) is 12.6. The Balaban J connectivity index is 2.05. The molecule has 3 aromatic carbocycles. The van der Waals surface area contributed by atoms with Crippen LogP contribution in [0.25, 0.3) is 21.9 Å². The summed E-state index contributed by atoms with van der Waals surface area (Å²) in [6.07, 6.45) is 0. The van der Waals surface area contributed by atoms with E-state index in [2.05, 4.69) is 0 Å². The summed E-state index contributed by atoms with van der Waals surface area (Å²) >= 11 is 0. The molecule has 0 atom stereocenters. The third-order valence-electron chi connectivity index (χ3n) is 3.64. The topological polar surface area (TPSA) is 18.5 Å². The highest BCUT2D eigenvalue weighted by atomic mass is 19.1. The largest absolute Gasteiger partial charge is 0.497 e. The first-order chi connectivity index (χ1) is 10.7. The van der Waals surface area contributed by atoms with Crippen LogP contribution in [0.4, 0.5) is 4.39 Å².